The van der Waals surface area contributed by atoms with Crippen LogP contribution in [0.25, 0.3) is 10.9 Å². The van der Waals surface area contributed by atoms with Gasteiger partial charge in [-0.1, -0.05) is 18.2 Å². The Kier molecular flexibility index (Phi) is 3.44. The zero-order valence-corrected chi connectivity index (χ0v) is 10.2. The zero-order chi connectivity index (χ0) is 12.3. The van der Waals surface area contributed by atoms with Crippen LogP contribution in [0, 0.1) is 0 Å². The number of carbonyl (C=O) groups excluding carboxylic acids is 1. The smallest absolute Gasteiger partial charge is 0.326 e. The second-order valence-corrected chi connectivity index (χ2v) is 4.28. The summed E-state index contributed by atoms with van der Waals surface area (Å²) in [4.78, 5) is 14.0. The van der Waals surface area contributed by atoms with Crippen LogP contribution in [0.5, 0.6) is 0 Å². The second kappa shape index (κ2) is 5.01. The maximum atomic E-state index is 11.9. The van der Waals surface area contributed by atoms with Crippen LogP contribution in [0.2, 0.25) is 0 Å². The second-order valence-electron chi connectivity index (χ2n) is 4.28. The van der Waals surface area contributed by atoms with Gasteiger partial charge in [0.1, 0.15) is 0 Å². The van der Waals surface area contributed by atoms with E-state index in [0.29, 0.717) is 6.54 Å². The summed E-state index contributed by atoms with van der Waals surface area (Å²) in [5, 5.41) is 3.97. The Morgan fingerprint density at radius 3 is 2.82 bits per heavy atom. The molecule has 0 unspecified atom stereocenters. The summed E-state index contributed by atoms with van der Waals surface area (Å²) in [7, 11) is 3.97. The quantitative estimate of drug-likeness (QED) is 0.874. The molecule has 1 aromatic carbocycles. The van der Waals surface area contributed by atoms with E-state index in [-0.39, 0.29) is 6.03 Å². The molecule has 1 aromatic heterocycles. The number of benzene rings is 1. The molecule has 0 atom stereocenters. The molecule has 4 heteroatoms. The fourth-order valence-electron chi connectivity index (χ4n) is 1.73. The first-order chi connectivity index (χ1) is 8.18. The number of hydrogen-bond donors (Lipinski definition) is 1. The van der Waals surface area contributed by atoms with Crippen molar-refractivity contribution in [3.05, 3.63) is 36.5 Å². The van der Waals surface area contributed by atoms with Crippen molar-refractivity contribution in [3.8, 4) is 0 Å². The maximum Gasteiger partial charge on any atom is 0.326 e. The normalized spacial score (nSPS) is 11.0. The van der Waals surface area contributed by atoms with E-state index < -0.39 is 0 Å². The highest BCUT2D eigenvalue weighted by Crippen LogP contribution is 2.14. The van der Waals surface area contributed by atoms with E-state index in [9.17, 15) is 4.79 Å². The van der Waals surface area contributed by atoms with Crippen LogP contribution in [0.1, 0.15) is 0 Å². The predicted octanol–water partition coefficient (Wildman–Crippen LogP) is 1.76. The van der Waals surface area contributed by atoms with Crippen molar-refractivity contribution in [2.45, 2.75) is 0 Å². The topological polar surface area (TPSA) is 37.3 Å². The molecule has 1 N–H and O–H groups in total. The summed E-state index contributed by atoms with van der Waals surface area (Å²) in [6.07, 6.45) is 1.80. The van der Waals surface area contributed by atoms with Crippen molar-refractivity contribution in [3.63, 3.8) is 0 Å². The van der Waals surface area contributed by atoms with Crippen molar-refractivity contribution in [2.24, 2.45) is 0 Å². The standard InChI is InChI=1S/C13H17N3O/c1-15(2)10-8-14-13(17)16-9-7-11-5-3-4-6-12(11)16/h3-7,9H,8,10H2,1-2H3,(H,14,17). The van der Waals surface area contributed by atoms with Crippen molar-refractivity contribution in [1.29, 1.82) is 0 Å². The van der Waals surface area contributed by atoms with Gasteiger partial charge in [-0.2, -0.15) is 0 Å². The number of amides is 1. The number of nitrogens with zero attached hydrogens (tertiary/aromatic N) is 2. The zero-order valence-electron chi connectivity index (χ0n) is 10.2. The number of fused-ring (bicyclic) bond motifs is 1. The minimum absolute atomic E-state index is 0.0759. The van der Waals surface area contributed by atoms with Crippen LogP contribution >= 0.6 is 0 Å². The number of carbonyl (C=O) groups is 1. The molecule has 2 aromatic rings. The summed E-state index contributed by atoms with van der Waals surface area (Å²) < 4.78 is 1.64. The van der Waals surface area contributed by atoms with Crippen LogP contribution in [0.3, 0.4) is 0 Å². The average molecular weight is 231 g/mol. The molecule has 0 aliphatic rings. The van der Waals surface area contributed by atoms with Gasteiger partial charge < -0.3 is 10.2 Å². The first-order valence-corrected chi connectivity index (χ1v) is 5.67. The lowest BCUT2D eigenvalue weighted by Gasteiger charge is -2.11. The van der Waals surface area contributed by atoms with E-state index in [0.717, 1.165) is 17.4 Å². The summed E-state index contributed by atoms with van der Waals surface area (Å²) in [5.74, 6) is 0. The first kappa shape index (κ1) is 11.7. The SMILES string of the molecule is CN(C)CCNC(=O)n1ccc2ccccc21. The third-order valence-electron chi connectivity index (χ3n) is 2.65. The van der Waals surface area contributed by atoms with Gasteiger partial charge in [0, 0.05) is 24.7 Å². The number of hydrogen-bond acceptors (Lipinski definition) is 2. The van der Waals surface area contributed by atoms with Crippen molar-refractivity contribution in [2.75, 3.05) is 27.2 Å². The lowest BCUT2D eigenvalue weighted by molar-refractivity contribution is 0.242. The van der Waals surface area contributed by atoms with E-state index in [4.69, 9.17) is 0 Å². The molecule has 4 nitrogen and oxygen atoms in total. The highest BCUT2D eigenvalue weighted by atomic mass is 16.2. The van der Waals surface area contributed by atoms with Gasteiger partial charge in [0.15, 0.2) is 0 Å². The van der Waals surface area contributed by atoms with E-state index >= 15 is 0 Å². The molecule has 1 amide bonds. The molecule has 0 aliphatic heterocycles. The van der Waals surface area contributed by atoms with Crippen LogP contribution in [-0.2, 0) is 0 Å². The number of rotatable bonds is 3. The minimum Gasteiger partial charge on any atom is -0.336 e. The molecular formula is C13H17N3O. The van der Waals surface area contributed by atoms with E-state index in [1.165, 1.54) is 0 Å². The van der Waals surface area contributed by atoms with Crippen LogP contribution in [-0.4, -0.2) is 42.7 Å². The molecule has 0 fully saturated rings. The molecule has 0 saturated carbocycles. The summed E-state index contributed by atoms with van der Waals surface area (Å²) in [6.45, 7) is 1.49. The van der Waals surface area contributed by atoms with Gasteiger partial charge in [0.2, 0.25) is 0 Å². The summed E-state index contributed by atoms with van der Waals surface area (Å²) >= 11 is 0. The van der Waals surface area contributed by atoms with Gasteiger partial charge in [-0.15, -0.1) is 0 Å². The number of aromatic nitrogens is 1. The molecule has 0 bridgehead atoms. The molecule has 0 spiro atoms. The first-order valence-electron chi connectivity index (χ1n) is 5.67. The Balaban J connectivity index is 2.09. The Labute approximate surface area is 101 Å². The third-order valence-corrected chi connectivity index (χ3v) is 2.65. The Hall–Kier alpha value is -1.81. The van der Waals surface area contributed by atoms with Crippen LogP contribution in [0.4, 0.5) is 4.79 Å². The molecule has 17 heavy (non-hydrogen) atoms. The van der Waals surface area contributed by atoms with Gasteiger partial charge in [0.25, 0.3) is 0 Å². The Morgan fingerprint density at radius 1 is 1.29 bits per heavy atom. The Morgan fingerprint density at radius 2 is 2.06 bits per heavy atom. The van der Waals surface area contributed by atoms with Gasteiger partial charge >= 0.3 is 6.03 Å². The van der Waals surface area contributed by atoms with Crippen LogP contribution < -0.4 is 5.32 Å². The Bertz CT molecular complexity index is 516. The lowest BCUT2D eigenvalue weighted by Crippen LogP contribution is -2.33. The van der Waals surface area contributed by atoms with Gasteiger partial charge in [-0.05, 0) is 26.2 Å². The molecule has 90 valence electrons. The van der Waals surface area contributed by atoms with Crippen molar-refractivity contribution < 1.29 is 4.79 Å². The van der Waals surface area contributed by atoms with Crippen LogP contribution in [0.15, 0.2) is 36.5 Å². The lowest BCUT2D eigenvalue weighted by atomic mass is 10.2. The molecule has 0 radical (unpaired) electrons. The van der Waals surface area contributed by atoms with Crippen molar-refractivity contribution in [1.82, 2.24) is 14.8 Å². The molecule has 0 saturated heterocycles. The maximum absolute atomic E-state index is 11.9. The monoisotopic (exact) mass is 231 g/mol. The fraction of sp³-hybridized carbons (Fsp3) is 0.308. The largest absolute Gasteiger partial charge is 0.336 e. The highest BCUT2D eigenvalue weighted by Gasteiger charge is 2.07. The van der Waals surface area contributed by atoms with Gasteiger partial charge in [-0.25, -0.2) is 4.79 Å². The summed E-state index contributed by atoms with van der Waals surface area (Å²) in [5.41, 5.74) is 0.940. The number of para-hydroxylation sites is 1. The van der Waals surface area contributed by atoms with E-state index in [1.54, 1.807) is 10.8 Å². The predicted molar refractivity (Wildman–Crippen MR) is 69.3 cm³/mol. The third kappa shape index (κ3) is 2.65. The molecule has 2 rings (SSSR count). The van der Waals surface area contributed by atoms with E-state index in [1.807, 2.05) is 49.3 Å². The van der Waals surface area contributed by atoms with Gasteiger partial charge in [0.05, 0.1) is 5.52 Å². The highest BCUT2D eigenvalue weighted by molar-refractivity contribution is 5.91. The average Bonchev–Trinajstić information content (AvgIpc) is 2.72. The number of likely N-dealkylation sites (N-methyl/N-ethyl adjacent to an activating group) is 1. The van der Waals surface area contributed by atoms with E-state index in [2.05, 4.69) is 5.32 Å². The minimum atomic E-state index is -0.0759. The number of nitrogens with one attached hydrogen (secondary N) is 1. The molecular weight excluding hydrogens is 214 g/mol. The van der Waals surface area contributed by atoms with Gasteiger partial charge in [-0.3, -0.25) is 4.57 Å². The molecule has 1 heterocycles. The molecule has 0 aliphatic carbocycles. The fourth-order valence-corrected chi connectivity index (χ4v) is 1.73. The summed E-state index contributed by atoms with van der Waals surface area (Å²) in [6, 6.07) is 9.72. The van der Waals surface area contributed by atoms with Crippen molar-refractivity contribution >= 4 is 16.9 Å².